The van der Waals surface area contributed by atoms with Crippen molar-refractivity contribution in [3.05, 3.63) is 40.6 Å². The average molecular weight is 643 g/mol. The molecule has 3 atom stereocenters. The van der Waals surface area contributed by atoms with Crippen molar-refractivity contribution >= 4 is 48.9 Å². The Morgan fingerprint density at radius 2 is 2.00 bits per heavy atom. The summed E-state index contributed by atoms with van der Waals surface area (Å²) >= 11 is 0.910. The van der Waals surface area contributed by atoms with Crippen LogP contribution in [0.3, 0.4) is 0 Å². The predicted molar refractivity (Wildman–Crippen MR) is 167 cm³/mol. The topological polar surface area (TPSA) is 162 Å². The van der Waals surface area contributed by atoms with Crippen molar-refractivity contribution < 1.29 is 23.0 Å². The third-order valence-corrected chi connectivity index (χ3v) is 10.8. The fourth-order valence-corrected chi connectivity index (χ4v) is 8.51. The van der Waals surface area contributed by atoms with E-state index in [-0.39, 0.29) is 73.1 Å². The molecular weight excluding hydrogens is 614 g/mol. The first kappa shape index (κ1) is 28.8. The molecule has 3 unspecified atom stereocenters. The largest absolute Gasteiger partial charge is 0.472 e. The summed E-state index contributed by atoms with van der Waals surface area (Å²) in [5.74, 6) is -1.36. The molecule has 5 aliphatic rings. The van der Waals surface area contributed by atoms with Crippen LogP contribution in [-0.2, 0) is 4.74 Å². The van der Waals surface area contributed by atoms with Gasteiger partial charge in [-0.05, 0) is 38.5 Å². The van der Waals surface area contributed by atoms with E-state index in [0.717, 1.165) is 11.3 Å². The minimum absolute atomic E-state index is 0.0291. The number of nitriles is 2. The Morgan fingerprint density at radius 3 is 2.72 bits per heavy atom. The summed E-state index contributed by atoms with van der Waals surface area (Å²) in [7, 11) is 0. The van der Waals surface area contributed by atoms with E-state index in [2.05, 4.69) is 21.7 Å². The molecule has 14 heteroatoms. The van der Waals surface area contributed by atoms with Gasteiger partial charge < -0.3 is 30.7 Å². The highest BCUT2D eigenvalue weighted by Gasteiger charge is 2.64. The van der Waals surface area contributed by atoms with Crippen LogP contribution in [0.1, 0.15) is 48.3 Å². The van der Waals surface area contributed by atoms with Gasteiger partial charge in [0.2, 0.25) is 5.88 Å². The minimum Gasteiger partial charge on any atom is -0.472 e. The molecule has 4 N–H and O–H groups in total. The molecule has 2 bridgehead atoms. The fourth-order valence-electron chi connectivity index (χ4n) is 7.56. The van der Waals surface area contributed by atoms with E-state index >= 15 is 4.39 Å². The third kappa shape index (κ3) is 3.87. The monoisotopic (exact) mass is 642 g/mol. The number of nitrogens with two attached hydrogens (primary N) is 1. The Hall–Kier alpha value is -4.63. The van der Waals surface area contributed by atoms with E-state index in [1.807, 2.05) is 24.8 Å². The van der Waals surface area contributed by atoms with Gasteiger partial charge >= 0.3 is 0 Å². The van der Waals surface area contributed by atoms with Crippen molar-refractivity contribution in [3.63, 3.8) is 0 Å². The maximum Gasteiger partial charge on any atom is 0.270 e. The zero-order chi connectivity index (χ0) is 32.3. The number of hydrogen-bond donors (Lipinski definition) is 3. The lowest BCUT2D eigenvalue weighted by Crippen LogP contribution is -2.60. The highest BCUT2D eigenvalue weighted by Crippen LogP contribution is 2.52. The van der Waals surface area contributed by atoms with Crippen LogP contribution in [0.25, 0.3) is 32.1 Å². The maximum atomic E-state index is 17.2. The number of hydrogen-bond acceptors (Lipinski definition) is 11. The summed E-state index contributed by atoms with van der Waals surface area (Å²) in [4.78, 5) is 25.6. The van der Waals surface area contributed by atoms with Crippen LogP contribution >= 0.6 is 11.3 Å². The van der Waals surface area contributed by atoms with E-state index in [9.17, 15) is 19.7 Å². The van der Waals surface area contributed by atoms with E-state index in [0.29, 0.717) is 37.1 Å². The van der Waals surface area contributed by atoms with Gasteiger partial charge in [0.05, 0.1) is 39.9 Å². The first-order valence-electron chi connectivity index (χ1n) is 15.0. The number of amides is 1. The van der Waals surface area contributed by atoms with Gasteiger partial charge in [0, 0.05) is 48.3 Å². The van der Waals surface area contributed by atoms with Gasteiger partial charge in [0.1, 0.15) is 40.2 Å². The normalized spacial score (nSPS) is 27.7. The van der Waals surface area contributed by atoms with Crippen LogP contribution < -0.4 is 26.0 Å². The molecular formula is C32H28F2N8O3S. The lowest BCUT2D eigenvalue weighted by Gasteiger charge is -2.41. The van der Waals surface area contributed by atoms with Crippen LogP contribution in [0.5, 0.6) is 5.88 Å². The number of halogens is 2. The van der Waals surface area contributed by atoms with Crippen molar-refractivity contribution in [1.29, 1.82) is 10.5 Å². The molecule has 46 heavy (non-hydrogen) atoms. The number of ether oxygens (including phenoxy) is 2. The molecule has 11 nitrogen and oxygen atoms in total. The molecule has 1 saturated carbocycles. The Morgan fingerprint density at radius 1 is 1.22 bits per heavy atom. The summed E-state index contributed by atoms with van der Waals surface area (Å²) < 4.78 is 44.4. The number of thiophene rings is 1. The smallest absolute Gasteiger partial charge is 0.270 e. The minimum atomic E-state index is -0.893. The highest BCUT2D eigenvalue weighted by atomic mass is 32.1. The Labute approximate surface area is 265 Å². The first-order chi connectivity index (χ1) is 22.0. The van der Waals surface area contributed by atoms with Gasteiger partial charge in [-0.15, -0.1) is 11.3 Å². The summed E-state index contributed by atoms with van der Waals surface area (Å²) in [6.07, 6.45) is 0.315. The van der Waals surface area contributed by atoms with E-state index in [1.165, 1.54) is 12.1 Å². The fraction of sp³-hybridized carbons (Fsp3) is 0.406. The second kappa shape index (κ2) is 9.69. The number of benzene rings is 1. The van der Waals surface area contributed by atoms with Crippen LogP contribution in [0.2, 0.25) is 0 Å². The van der Waals surface area contributed by atoms with Crippen LogP contribution in [-0.4, -0.2) is 64.9 Å². The number of piperazine rings is 1. The number of aryl methyl sites for hydroxylation is 1. The molecule has 1 amide bonds. The Kier molecular flexibility index (Phi) is 6.07. The highest BCUT2D eigenvalue weighted by molar-refractivity contribution is 7.23. The lowest BCUT2D eigenvalue weighted by molar-refractivity contribution is 0.0470. The van der Waals surface area contributed by atoms with Crippen LogP contribution in [0.15, 0.2) is 12.1 Å². The van der Waals surface area contributed by atoms with E-state index in [4.69, 9.17) is 20.2 Å². The first-order valence-corrected chi connectivity index (χ1v) is 15.8. The molecule has 7 heterocycles. The Bertz CT molecular complexity index is 2110. The number of carbonyl (C=O) groups is 1. The standard InChI is InChI=1S/C32H28F2N8O3S/c1-13-8-42-19(7-38-13)15(3)45-30-22-20(14(2)24(39-28(22)42)29(43)41-31-9-32(10-31,11-36)44-12-31)23(34)25(40-30)16-4-5-18(33)26-21(16)17(6-35)27(37)46-26/h4-5,13,15,19,38H,7-10,12,37H2,1-3H3,(H,41,43). The molecule has 3 aromatic heterocycles. The van der Waals surface area contributed by atoms with Crippen molar-refractivity contribution in [3.8, 4) is 29.3 Å². The SMILES string of the molecule is Cc1c(C(=O)NC23COC(C#N)(C2)C3)nc2c3c(nc(-c4ccc(F)c5sc(N)c(C#N)c45)c(F)c13)OC(C)C1CNC(C)CN21. The maximum absolute atomic E-state index is 17.2. The van der Waals surface area contributed by atoms with Crippen LogP contribution in [0, 0.1) is 41.2 Å². The lowest BCUT2D eigenvalue weighted by atomic mass is 9.69. The molecule has 0 radical (unpaired) electrons. The predicted octanol–water partition coefficient (Wildman–Crippen LogP) is 4.05. The molecule has 234 valence electrons. The number of carbonyl (C=O) groups excluding carboxylic acids is 1. The zero-order valence-electron chi connectivity index (χ0n) is 25.1. The number of pyridine rings is 2. The summed E-state index contributed by atoms with van der Waals surface area (Å²) in [6.45, 7) is 6.83. The Balaban J connectivity index is 1.39. The number of nitrogens with zero attached hydrogens (tertiary/aromatic N) is 5. The van der Waals surface area contributed by atoms with Crippen LogP contribution in [0.4, 0.5) is 19.6 Å². The van der Waals surface area contributed by atoms with Crippen molar-refractivity contribution in [2.24, 2.45) is 0 Å². The van der Waals surface area contributed by atoms with Crippen molar-refractivity contribution in [1.82, 2.24) is 20.6 Å². The quantitative estimate of drug-likeness (QED) is 0.297. The summed E-state index contributed by atoms with van der Waals surface area (Å²) in [5, 5.41) is 26.6. The van der Waals surface area contributed by atoms with Crippen molar-refractivity contribution in [2.75, 3.05) is 30.3 Å². The number of nitrogens with one attached hydrogen (secondary N) is 2. The average Bonchev–Trinajstić information content (AvgIpc) is 3.65. The zero-order valence-corrected chi connectivity index (χ0v) is 25.9. The molecule has 4 aromatic rings. The molecule has 4 fully saturated rings. The van der Waals surface area contributed by atoms with Gasteiger partial charge in [-0.2, -0.15) is 10.5 Å². The summed E-state index contributed by atoms with van der Waals surface area (Å²) in [5.41, 5.74) is 4.84. The molecule has 0 spiro atoms. The number of fused-ring (bicyclic) bond motifs is 4. The molecule has 9 rings (SSSR count). The van der Waals surface area contributed by atoms with Gasteiger partial charge in [0.15, 0.2) is 11.4 Å². The number of rotatable bonds is 3. The van der Waals surface area contributed by atoms with Gasteiger partial charge in [-0.1, -0.05) is 0 Å². The molecule has 3 saturated heterocycles. The van der Waals surface area contributed by atoms with E-state index in [1.54, 1.807) is 6.92 Å². The number of aromatic nitrogens is 2. The van der Waals surface area contributed by atoms with E-state index < -0.39 is 34.8 Å². The molecule has 4 aliphatic heterocycles. The number of nitrogen functional groups attached to an aromatic ring is 1. The van der Waals surface area contributed by atoms with Gasteiger partial charge in [-0.25, -0.2) is 18.7 Å². The van der Waals surface area contributed by atoms with Gasteiger partial charge in [-0.3, -0.25) is 4.79 Å². The number of anilines is 2. The van der Waals surface area contributed by atoms with Crippen molar-refractivity contribution in [2.45, 2.75) is 62.9 Å². The second-order valence-electron chi connectivity index (χ2n) is 12.8. The summed E-state index contributed by atoms with van der Waals surface area (Å²) in [6, 6.07) is 6.66. The third-order valence-electron chi connectivity index (χ3n) is 9.79. The molecule has 1 aromatic carbocycles. The molecule has 1 aliphatic carbocycles. The second-order valence-corrected chi connectivity index (χ2v) is 13.9. The van der Waals surface area contributed by atoms with Gasteiger partial charge in [0.25, 0.3) is 5.91 Å².